The number of rotatable bonds is 4. The quantitative estimate of drug-likeness (QED) is 0.937. The largest absolute Gasteiger partial charge is 0.544 e. The third-order valence-electron chi connectivity index (χ3n) is 3.41. The number of carboxylic acid groups (broad SMARTS) is 1. The van der Waals surface area contributed by atoms with E-state index in [1.165, 1.54) is 0 Å². The average molecular weight is 317 g/mol. The highest BCUT2D eigenvalue weighted by atomic mass is 32.1. The Morgan fingerprint density at radius 2 is 1.95 bits per heavy atom. The molecular formula is C16H17N2O3S-. The Balaban J connectivity index is 2.20. The number of anilines is 1. The first-order valence-electron chi connectivity index (χ1n) is 6.86. The smallest absolute Gasteiger partial charge is 0.234 e. The number of hydrogen-bond acceptors (Lipinski definition) is 5. The maximum atomic E-state index is 12.4. The number of aromatic nitrogens is 1. The van der Waals surface area contributed by atoms with E-state index in [9.17, 15) is 14.7 Å². The predicted octanol–water partition coefficient (Wildman–Crippen LogP) is 2.17. The number of nitrogens with zero attached hydrogens (tertiary/aromatic N) is 1. The van der Waals surface area contributed by atoms with Crippen molar-refractivity contribution in [3.8, 4) is 0 Å². The second kappa shape index (κ2) is 6.27. The lowest BCUT2D eigenvalue weighted by molar-refractivity contribution is -0.254. The third kappa shape index (κ3) is 3.33. The summed E-state index contributed by atoms with van der Waals surface area (Å²) < 4.78 is 0. The predicted molar refractivity (Wildman–Crippen MR) is 84.1 cm³/mol. The molecular weight excluding hydrogens is 300 g/mol. The molecule has 0 radical (unpaired) electrons. The van der Waals surface area contributed by atoms with E-state index in [1.807, 2.05) is 32.0 Å². The minimum Gasteiger partial charge on any atom is -0.544 e. The second-order valence-corrected chi connectivity index (χ2v) is 6.31. The summed E-state index contributed by atoms with van der Waals surface area (Å²) in [5.74, 6) is -2.01. The molecule has 6 heteroatoms. The summed E-state index contributed by atoms with van der Waals surface area (Å²) in [5, 5.41) is 14.3. The molecule has 1 aromatic heterocycles. The Hall–Kier alpha value is -2.21. The highest BCUT2D eigenvalue weighted by Gasteiger charge is 2.21. The van der Waals surface area contributed by atoms with E-state index < -0.39 is 11.9 Å². The molecule has 1 heterocycles. The van der Waals surface area contributed by atoms with E-state index >= 15 is 0 Å². The van der Waals surface area contributed by atoms with Gasteiger partial charge in [-0.05, 0) is 44.9 Å². The van der Waals surface area contributed by atoms with Crippen molar-refractivity contribution < 1.29 is 14.7 Å². The van der Waals surface area contributed by atoms with Gasteiger partial charge in [0, 0.05) is 5.69 Å². The first-order valence-corrected chi connectivity index (χ1v) is 7.68. The molecule has 0 saturated heterocycles. The Labute approximate surface area is 133 Å². The number of hydrogen-bond donors (Lipinski definition) is 1. The van der Waals surface area contributed by atoms with E-state index in [-0.39, 0.29) is 10.8 Å². The van der Waals surface area contributed by atoms with Crippen molar-refractivity contribution in [3.05, 3.63) is 44.9 Å². The van der Waals surface area contributed by atoms with Gasteiger partial charge in [-0.2, -0.15) is 0 Å². The molecule has 0 unspecified atom stereocenters. The molecule has 0 spiro atoms. The Morgan fingerprint density at radius 1 is 1.27 bits per heavy atom. The number of carbonyl (C=O) groups excluding carboxylic acids is 2. The molecule has 0 aliphatic heterocycles. The summed E-state index contributed by atoms with van der Waals surface area (Å²) in [7, 11) is 0. The Bertz CT molecular complexity index is 737. The van der Waals surface area contributed by atoms with Crippen molar-refractivity contribution in [3.63, 3.8) is 0 Å². The molecule has 0 saturated carbocycles. The first-order chi connectivity index (χ1) is 10.3. The van der Waals surface area contributed by atoms with Gasteiger partial charge in [-0.25, -0.2) is 4.98 Å². The van der Waals surface area contributed by atoms with Crippen LogP contribution in [0, 0.1) is 20.8 Å². The molecule has 1 atom stereocenters. The molecule has 0 bridgehead atoms. The molecule has 1 amide bonds. The number of aryl methyl sites for hydroxylation is 3. The second-order valence-electron chi connectivity index (χ2n) is 5.28. The lowest BCUT2D eigenvalue weighted by atomic mass is 10.1. The van der Waals surface area contributed by atoms with E-state index in [0.717, 1.165) is 28.2 Å². The van der Waals surface area contributed by atoms with Crippen LogP contribution >= 0.6 is 11.3 Å². The van der Waals surface area contributed by atoms with Gasteiger partial charge in [-0.3, -0.25) is 4.79 Å². The van der Waals surface area contributed by atoms with Gasteiger partial charge < -0.3 is 15.2 Å². The Morgan fingerprint density at radius 3 is 2.55 bits per heavy atom. The fourth-order valence-electron chi connectivity index (χ4n) is 2.02. The van der Waals surface area contributed by atoms with Gasteiger partial charge in [0.2, 0.25) is 5.91 Å². The first kappa shape index (κ1) is 16.2. The number of nitrogens with one attached hydrogen (secondary N) is 1. The number of amides is 1. The summed E-state index contributed by atoms with van der Waals surface area (Å²) in [6.45, 7) is 7.18. The molecule has 22 heavy (non-hydrogen) atoms. The zero-order valence-electron chi connectivity index (χ0n) is 12.9. The van der Waals surface area contributed by atoms with Gasteiger partial charge in [0.05, 0.1) is 22.5 Å². The molecule has 116 valence electrons. The molecule has 1 N–H and O–H groups in total. The van der Waals surface area contributed by atoms with Crippen molar-refractivity contribution in [2.75, 3.05) is 5.32 Å². The van der Waals surface area contributed by atoms with E-state index in [0.29, 0.717) is 10.7 Å². The van der Waals surface area contributed by atoms with Crippen LogP contribution < -0.4 is 10.4 Å². The standard InChI is InChI=1S/C16H18N2O3S/c1-8-5-6-9(2)12(7-8)18-14(19)10(3)15-17-11(4)13(22-15)16(20)21/h5-7,10H,1-4H3,(H,18,19)(H,20,21)/p-1/t10-/m1/s1. The fraction of sp³-hybridized carbons (Fsp3) is 0.312. The third-order valence-corrected chi connectivity index (χ3v) is 4.73. The van der Waals surface area contributed by atoms with E-state index in [1.54, 1.807) is 13.8 Å². The van der Waals surface area contributed by atoms with Crippen molar-refractivity contribution in [1.82, 2.24) is 4.98 Å². The molecule has 0 aliphatic rings. The molecule has 1 aromatic carbocycles. The maximum Gasteiger partial charge on any atom is 0.234 e. The summed E-state index contributed by atoms with van der Waals surface area (Å²) in [6.07, 6.45) is 0. The lowest BCUT2D eigenvalue weighted by Gasteiger charge is -2.12. The summed E-state index contributed by atoms with van der Waals surface area (Å²) in [6, 6.07) is 5.82. The monoisotopic (exact) mass is 317 g/mol. The van der Waals surface area contributed by atoms with Gasteiger partial charge in [-0.1, -0.05) is 12.1 Å². The molecule has 2 rings (SSSR count). The van der Waals surface area contributed by atoms with Crippen molar-refractivity contribution in [2.24, 2.45) is 0 Å². The maximum absolute atomic E-state index is 12.4. The number of carboxylic acids is 1. The van der Waals surface area contributed by atoms with Crippen LogP contribution in [0.5, 0.6) is 0 Å². The normalized spacial score (nSPS) is 12.0. The summed E-state index contributed by atoms with van der Waals surface area (Å²) >= 11 is 0.988. The van der Waals surface area contributed by atoms with Crippen LogP contribution in [0.15, 0.2) is 18.2 Å². The lowest BCUT2D eigenvalue weighted by Crippen LogP contribution is -2.21. The van der Waals surface area contributed by atoms with Gasteiger partial charge in [0.1, 0.15) is 5.01 Å². The Kier molecular flexibility index (Phi) is 4.61. The van der Waals surface area contributed by atoms with E-state index in [2.05, 4.69) is 10.3 Å². The van der Waals surface area contributed by atoms with E-state index in [4.69, 9.17) is 0 Å². The number of carbonyl (C=O) groups is 2. The van der Waals surface area contributed by atoms with Gasteiger partial charge in [-0.15, -0.1) is 11.3 Å². The molecule has 2 aromatic rings. The fourth-order valence-corrected chi connectivity index (χ4v) is 2.97. The molecule has 0 aliphatic carbocycles. The van der Waals surface area contributed by atoms with Crippen LogP contribution in [0.3, 0.4) is 0 Å². The zero-order valence-corrected chi connectivity index (χ0v) is 13.7. The highest BCUT2D eigenvalue weighted by Crippen LogP contribution is 2.26. The topological polar surface area (TPSA) is 82.1 Å². The van der Waals surface area contributed by atoms with Crippen molar-refractivity contribution in [1.29, 1.82) is 0 Å². The minimum absolute atomic E-state index is 0.0707. The zero-order chi connectivity index (χ0) is 16.4. The van der Waals surface area contributed by atoms with Crippen molar-refractivity contribution >= 4 is 28.9 Å². The number of thiazole rings is 1. The molecule has 0 fully saturated rings. The van der Waals surface area contributed by atoms with Gasteiger partial charge >= 0.3 is 0 Å². The van der Waals surface area contributed by atoms with Crippen LogP contribution in [-0.4, -0.2) is 16.9 Å². The van der Waals surface area contributed by atoms with Gasteiger partial charge in [0.25, 0.3) is 0 Å². The highest BCUT2D eigenvalue weighted by molar-refractivity contribution is 7.13. The van der Waals surface area contributed by atoms with Crippen LogP contribution in [-0.2, 0) is 4.79 Å². The van der Waals surface area contributed by atoms with Crippen molar-refractivity contribution in [2.45, 2.75) is 33.6 Å². The average Bonchev–Trinajstić information content (AvgIpc) is 2.84. The summed E-state index contributed by atoms with van der Waals surface area (Å²) in [4.78, 5) is 27.6. The van der Waals surface area contributed by atoms with Gasteiger partial charge in [0.15, 0.2) is 0 Å². The van der Waals surface area contributed by atoms with Crippen LogP contribution in [0.25, 0.3) is 0 Å². The molecule has 5 nitrogen and oxygen atoms in total. The number of benzene rings is 1. The van der Waals surface area contributed by atoms with Crippen LogP contribution in [0.1, 0.15) is 44.3 Å². The number of aromatic carboxylic acids is 1. The summed E-state index contributed by atoms with van der Waals surface area (Å²) in [5.41, 5.74) is 3.16. The minimum atomic E-state index is -1.26. The SMILES string of the molecule is Cc1ccc(C)c(NC(=O)[C@@H](C)c2nc(C)c(C(=O)[O-])s2)c1. The van der Waals surface area contributed by atoms with Crippen LogP contribution in [0.2, 0.25) is 0 Å². The van der Waals surface area contributed by atoms with Crippen LogP contribution in [0.4, 0.5) is 5.69 Å².